The third-order valence-corrected chi connectivity index (χ3v) is 2.54. The zero-order chi connectivity index (χ0) is 22.3. The molecule has 0 aromatic heterocycles. The molecule has 2 unspecified atom stereocenters. The van der Waals surface area contributed by atoms with Crippen molar-refractivity contribution in [2.75, 3.05) is 11.9 Å². The zero-order valence-corrected chi connectivity index (χ0v) is 19.6. The topological polar surface area (TPSA) is 82.1 Å². The van der Waals surface area contributed by atoms with Crippen LogP contribution < -0.4 is 0 Å². The van der Waals surface area contributed by atoms with Gasteiger partial charge in [0.05, 0.1) is 12.2 Å². The maximum Gasteiger partial charge on any atom is 0.332 e. The molecule has 0 aromatic carbocycles. The number of carbonyl (C=O) groups excluding carboxylic acids is 2. The third-order valence-electron chi connectivity index (χ3n) is 2.09. The number of rotatable bonds is 6. The van der Waals surface area contributed by atoms with Crippen molar-refractivity contribution in [1.82, 2.24) is 0 Å². The summed E-state index contributed by atoms with van der Waals surface area (Å²) in [4.78, 5) is 21.7. The van der Waals surface area contributed by atoms with Crippen molar-refractivity contribution in [3.05, 3.63) is 25.3 Å². The van der Waals surface area contributed by atoms with E-state index in [-0.39, 0.29) is 41.7 Å². The highest BCUT2D eigenvalue weighted by atomic mass is 79.9. The lowest BCUT2D eigenvalue weighted by molar-refractivity contribution is -0.161. The van der Waals surface area contributed by atoms with Crippen LogP contribution >= 0.6 is 15.9 Å². The van der Waals surface area contributed by atoms with E-state index in [1.807, 2.05) is 48.5 Å². The van der Waals surface area contributed by atoms with Gasteiger partial charge in [0.25, 0.3) is 0 Å². The van der Waals surface area contributed by atoms with Gasteiger partial charge in [-0.25, -0.2) is 4.79 Å². The molecule has 1 N–H and O–H groups in total. The molecule has 7 heteroatoms. The van der Waals surface area contributed by atoms with E-state index in [2.05, 4.69) is 29.1 Å². The van der Waals surface area contributed by atoms with E-state index in [1.54, 1.807) is 13.0 Å². The first-order valence-corrected chi connectivity index (χ1v) is 9.74. The minimum atomic E-state index is -0.447. The Morgan fingerprint density at radius 1 is 0.963 bits per heavy atom. The Hall–Kier alpha value is -1.18. The number of aliphatic hydroxyl groups is 1. The van der Waals surface area contributed by atoms with Gasteiger partial charge in [0, 0.05) is 0 Å². The third kappa shape index (κ3) is 32.9. The Labute approximate surface area is 173 Å². The quantitative estimate of drug-likeness (QED) is 0.369. The van der Waals surface area contributed by atoms with Gasteiger partial charge < -0.3 is 19.3 Å². The van der Waals surface area contributed by atoms with E-state index in [0.29, 0.717) is 0 Å². The second-order valence-electron chi connectivity index (χ2n) is 7.53. The fourth-order valence-electron chi connectivity index (χ4n) is 1.01. The maximum absolute atomic E-state index is 11.1. The first-order chi connectivity index (χ1) is 12.1. The van der Waals surface area contributed by atoms with E-state index in [0.717, 1.165) is 0 Å². The summed E-state index contributed by atoms with van der Waals surface area (Å²) < 4.78 is 15.0. The molecule has 0 amide bonds. The van der Waals surface area contributed by atoms with Crippen LogP contribution in [0.2, 0.25) is 0 Å². The molecular weight excluding hydrogens is 416 g/mol. The summed E-state index contributed by atoms with van der Waals surface area (Å²) in [5.41, 5.74) is -0.803. The SMILES string of the molecule is C=CC(C)O.C=CC(C)OCC(=O)OC(C)(C)C.CC(C)(C)OC(=O)CBr. The van der Waals surface area contributed by atoms with Crippen molar-refractivity contribution in [3.63, 3.8) is 0 Å². The molecule has 0 heterocycles. The number of esters is 2. The molecule has 2 atom stereocenters. The van der Waals surface area contributed by atoms with Crippen molar-refractivity contribution in [3.8, 4) is 0 Å². The lowest BCUT2D eigenvalue weighted by Gasteiger charge is -2.19. The first-order valence-electron chi connectivity index (χ1n) is 8.62. The van der Waals surface area contributed by atoms with Gasteiger partial charge in [-0.05, 0) is 55.4 Å². The summed E-state index contributed by atoms with van der Waals surface area (Å²) in [5.74, 6) is -0.566. The number of hydrogen-bond donors (Lipinski definition) is 1. The van der Waals surface area contributed by atoms with Crippen molar-refractivity contribution in [2.45, 2.75) is 78.8 Å². The molecule has 0 saturated heterocycles. The highest BCUT2D eigenvalue weighted by molar-refractivity contribution is 9.09. The van der Waals surface area contributed by atoms with E-state index in [9.17, 15) is 9.59 Å². The van der Waals surface area contributed by atoms with Crippen molar-refractivity contribution in [1.29, 1.82) is 0 Å². The molecule has 0 bridgehead atoms. The van der Waals surface area contributed by atoms with E-state index >= 15 is 0 Å². The maximum atomic E-state index is 11.1. The van der Waals surface area contributed by atoms with E-state index in [4.69, 9.17) is 19.3 Å². The normalized spacial score (nSPS) is 12.8. The lowest BCUT2D eigenvalue weighted by Crippen LogP contribution is -2.27. The average Bonchev–Trinajstić information content (AvgIpc) is 2.50. The van der Waals surface area contributed by atoms with E-state index < -0.39 is 5.60 Å². The Morgan fingerprint density at radius 3 is 1.56 bits per heavy atom. The molecule has 0 aliphatic heterocycles. The van der Waals surface area contributed by atoms with Gasteiger partial charge in [0.2, 0.25) is 0 Å². The summed E-state index contributed by atoms with van der Waals surface area (Å²) in [7, 11) is 0. The molecule has 0 rings (SSSR count). The van der Waals surface area contributed by atoms with Crippen LogP contribution in [0.1, 0.15) is 55.4 Å². The van der Waals surface area contributed by atoms with Crippen LogP contribution in [0.4, 0.5) is 0 Å². The number of ether oxygens (including phenoxy) is 3. The van der Waals surface area contributed by atoms with Crippen LogP contribution in [-0.4, -0.2) is 52.4 Å². The van der Waals surface area contributed by atoms with Crippen LogP contribution in [0, 0.1) is 0 Å². The average molecular weight is 453 g/mol. The summed E-state index contributed by atoms with van der Waals surface area (Å²) in [6, 6.07) is 0. The van der Waals surface area contributed by atoms with Gasteiger partial charge in [0.1, 0.15) is 23.1 Å². The lowest BCUT2D eigenvalue weighted by atomic mass is 10.2. The van der Waals surface area contributed by atoms with Crippen LogP contribution in [0.15, 0.2) is 25.3 Å². The molecule has 0 aliphatic carbocycles. The Balaban J connectivity index is -0.000000356. The zero-order valence-electron chi connectivity index (χ0n) is 18.0. The number of alkyl halides is 1. The van der Waals surface area contributed by atoms with Crippen molar-refractivity contribution >= 4 is 27.9 Å². The summed E-state index contributed by atoms with van der Waals surface area (Å²) in [6.07, 6.45) is 2.63. The summed E-state index contributed by atoms with van der Waals surface area (Å²) in [6.45, 7) is 21.3. The molecular formula is C20H37BrO6. The molecule has 160 valence electrons. The number of carbonyl (C=O) groups is 2. The Bertz CT molecular complexity index is 433. The van der Waals surface area contributed by atoms with Crippen LogP contribution in [-0.2, 0) is 23.8 Å². The molecule has 27 heavy (non-hydrogen) atoms. The first kappa shape index (κ1) is 30.5. The smallest absolute Gasteiger partial charge is 0.332 e. The minimum Gasteiger partial charge on any atom is -0.459 e. The van der Waals surface area contributed by atoms with Gasteiger partial charge >= 0.3 is 11.9 Å². The van der Waals surface area contributed by atoms with Crippen LogP contribution in [0.5, 0.6) is 0 Å². The number of aliphatic hydroxyl groups excluding tert-OH is 1. The Morgan fingerprint density at radius 2 is 1.33 bits per heavy atom. The molecule has 0 saturated carbocycles. The highest BCUT2D eigenvalue weighted by Crippen LogP contribution is 2.07. The monoisotopic (exact) mass is 452 g/mol. The molecule has 0 spiro atoms. The van der Waals surface area contributed by atoms with E-state index in [1.165, 1.54) is 6.08 Å². The summed E-state index contributed by atoms with van der Waals surface area (Å²) in [5, 5.41) is 8.51. The van der Waals surface area contributed by atoms with Crippen molar-refractivity contribution in [2.24, 2.45) is 0 Å². The number of halogens is 1. The summed E-state index contributed by atoms with van der Waals surface area (Å²) >= 11 is 2.99. The van der Waals surface area contributed by atoms with Gasteiger partial charge in [-0.15, -0.1) is 13.2 Å². The van der Waals surface area contributed by atoms with Crippen LogP contribution in [0.25, 0.3) is 0 Å². The molecule has 0 aromatic rings. The second-order valence-corrected chi connectivity index (χ2v) is 8.10. The predicted octanol–water partition coefficient (Wildman–Crippen LogP) is 4.20. The molecule has 0 aliphatic rings. The van der Waals surface area contributed by atoms with Gasteiger partial charge in [-0.3, -0.25) is 4.79 Å². The molecule has 6 nitrogen and oxygen atoms in total. The van der Waals surface area contributed by atoms with Crippen molar-refractivity contribution < 1.29 is 28.9 Å². The Kier molecular flexibility index (Phi) is 17.9. The number of hydrogen-bond acceptors (Lipinski definition) is 6. The largest absolute Gasteiger partial charge is 0.459 e. The highest BCUT2D eigenvalue weighted by Gasteiger charge is 2.16. The molecule has 0 radical (unpaired) electrons. The predicted molar refractivity (Wildman–Crippen MR) is 113 cm³/mol. The fraction of sp³-hybridized carbons (Fsp3) is 0.700. The molecule has 0 fully saturated rings. The van der Waals surface area contributed by atoms with Gasteiger partial charge in [0.15, 0.2) is 0 Å². The van der Waals surface area contributed by atoms with Crippen LogP contribution in [0.3, 0.4) is 0 Å². The minimum absolute atomic E-state index is 0.0234. The fourth-order valence-corrected chi connectivity index (χ4v) is 1.12. The van der Waals surface area contributed by atoms with Gasteiger partial charge in [-0.2, -0.15) is 0 Å². The second kappa shape index (κ2) is 15.8. The standard InChI is InChI=1S/C10H18O3.C6H11BrO2.C4H8O/c1-6-8(2)12-7-9(11)13-10(3,4)5;1-6(2,3)9-5(8)4-7;1-3-4(2)5/h6,8H,1,7H2,2-5H3;4H2,1-3H3;3-5H,1H2,2H3. The van der Waals surface area contributed by atoms with Gasteiger partial charge in [-0.1, -0.05) is 28.1 Å².